The molecule has 0 rings (SSSR count). The molecule has 0 spiro atoms. The Morgan fingerprint density at radius 3 is 1.58 bits per heavy atom. The normalized spacial score (nSPS) is 12.0. The molecule has 0 aliphatic heterocycles. The Balaban J connectivity index is 3.70. The van der Waals surface area contributed by atoms with Crippen molar-refractivity contribution in [3.8, 4) is 0 Å². The van der Waals surface area contributed by atoms with Gasteiger partial charge < -0.3 is 0 Å². The highest BCUT2D eigenvalue weighted by Gasteiger charge is 2.19. The molecule has 0 saturated heterocycles. The van der Waals surface area contributed by atoms with Gasteiger partial charge in [0.05, 0.1) is 0 Å². The average molecular weight is 169 g/mol. The van der Waals surface area contributed by atoms with Crippen LogP contribution in [0.1, 0.15) is 65.7 Å². The van der Waals surface area contributed by atoms with Gasteiger partial charge in [0.1, 0.15) is 0 Å². The Bertz CT molecular complexity index is 86.2. The lowest BCUT2D eigenvalue weighted by Gasteiger charge is -2.27. The maximum absolute atomic E-state index is 4.36. The smallest absolute Gasteiger partial charge is 0.0300 e. The van der Waals surface area contributed by atoms with Crippen LogP contribution in [0.15, 0.2) is 0 Å². The van der Waals surface area contributed by atoms with Crippen LogP contribution in [0, 0.1) is 12.3 Å². The van der Waals surface area contributed by atoms with Gasteiger partial charge in [0, 0.05) is 0 Å². The second kappa shape index (κ2) is 6.51. The van der Waals surface area contributed by atoms with E-state index in [9.17, 15) is 0 Å². The van der Waals surface area contributed by atoms with Gasteiger partial charge in [0.15, 0.2) is 0 Å². The Hall–Kier alpha value is 0. The van der Waals surface area contributed by atoms with E-state index in [-0.39, 0.29) is 0 Å². The molecular formula is C12H25. The molecule has 0 nitrogen and oxygen atoms in total. The topological polar surface area (TPSA) is 0 Å². The molecule has 0 bridgehead atoms. The summed E-state index contributed by atoms with van der Waals surface area (Å²) < 4.78 is 0. The number of hydrogen-bond donors (Lipinski definition) is 0. The molecule has 0 aliphatic carbocycles. The van der Waals surface area contributed by atoms with Gasteiger partial charge in [-0.05, 0) is 25.2 Å². The predicted molar refractivity (Wildman–Crippen MR) is 57.1 cm³/mol. The third-order valence-corrected chi connectivity index (χ3v) is 2.87. The van der Waals surface area contributed by atoms with Crippen LogP contribution in [0.2, 0.25) is 0 Å². The zero-order chi connectivity index (χ0) is 9.45. The summed E-state index contributed by atoms with van der Waals surface area (Å²) in [5.74, 6) is 0. The van der Waals surface area contributed by atoms with E-state index in [4.69, 9.17) is 0 Å². The van der Waals surface area contributed by atoms with Gasteiger partial charge in [-0.25, -0.2) is 0 Å². The fraction of sp³-hybridized carbons (Fsp3) is 0.917. The van der Waals surface area contributed by atoms with Crippen LogP contribution >= 0.6 is 0 Å². The Kier molecular flexibility index (Phi) is 6.51. The van der Waals surface area contributed by atoms with Crippen LogP contribution in [0.4, 0.5) is 0 Å². The quantitative estimate of drug-likeness (QED) is 0.522. The zero-order valence-corrected chi connectivity index (χ0v) is 9.16. The van der Waals surface area contributed by atoms with Crippen molar-refractivity contribution < 1.29 is 0 Å². The molecule has 0 aromatic heterocycles. The van der Waals surface area contributed by atoms with Crippen molar-refractivity contribution in [2.24, 2.45) is 5.41 Å². The van der Waals surface area contributed by atoms with Gasteiger partial charge in [-0.2, -0.15) is 0 Å². The third kappa shape index (κ3) is 4.79. The van der Waals surface area contributed by atoms with Crippen molar-refractivity contribution in [3.63, 3.8) is 0 Å². The van der Waals surface area contributed by atoms with Crippen molar-refractivity contribution in [1.29, 1.82) is 0 Å². The molecular weight excluding hydrogens is 144 g/mol. The summed E-state index contributed by atoms with van der Waals surface area (Å²) in [7, 11) is 0. The van der Waals surface area contributed by atoms with E-state index in [1.807, 2.05) is 0 Å². The summed E-state index contributed by atoms with van der Waals surface area (Å²) in [6, 6.07) is 0. The first-order chi connectivity index (χ1) is 5.68. The van der Waals surface area contributed by atoms with Crippen LogP contribution in [0.5, 0.6) is 0 Å². The second-order valence-corrected chi connectivity index (χ2v) is 4.06. The van der Waals surface area contributed by atoms with Crippen molar-refractivity contribution in [3.05, 3.63) is 6.92 Å². The summed E-state index contributed by atoms with van der Waals surface area (Å²) in [5, 5.41) is 0. The third-order valence-electron chi connectivity index (χ3n) is 2.87. The first-order valence-corrected chi connectivity index (χ1v) is 5.54. The van der Waals surface area contributed by atoms with Gasteiger partial charge in [-0.3, -0.25) is 0 Å². The first-order valence-electron chi connectivity index (χ1n) is 5.54. The molecule has 0 heteroatoms. The van der Waals surface area contributed by atoms with Gasteiger partial charge in [0.2, 0.25) is 0 Å². The van der Waals surface area contributed by atoms with Gasteiger partial charge in [-0.15, -0.1) is 0 Å². The summed E-state index contributed by atoms with van der Waals surface area (Å²) >= 11 is 0. The summed E-state index contributed by atoms with van der Waals surface area (Å²) in [6.07, 6.45) is 9.20. The molecule has 12 heavy (non-hydrogen) atoms. The molecule has 0 fully saturated rings. The van der Waals surface area contributed by atoms with Crippen molar-refractivity contribution >= 4 is 0 Å². The highest BCUT2D eigenvalue weighted by Crippen LogP contribution is 2.33. The minimum Gasteiger partial charge on any atom is -0.0654 e. The fourth-order valence-corrected chi connectivity index (χ4v) is 1.58. The highest BCUT2D eigenvalue weighted by molar-refractivity contribution is 4.79. The molecule has 0 amide bonds. The predicted octanol–water partition coefficient (Wildman–Crippen LogP) is 4.60. The van der Waals surface area contributed by atoms with Crippen molar-refractivity contribution in [2.75, 3.05) is 0 Å². The first kappa shape index (κ1) is 12.0. The zero-order valence-electron chi connectivity index (χ0n) is 9.16. The van der Waals surface area contributed by atoms with Crippen LogP contribution < -0.4 is 0 Å². The molecule has 73 valence electrons. The SMILES string of the molecule is [CH2]C(CC)(CCCC)CCCC. The number of hydrogen-bond acceptors (Lipinski definition) is 0. The van der Waals surface area contributed by atoms with Crippen LogP contribution in [0.3, 0.4) is 0 Å². The minimum atomic E-state index is 0.395. The monoisotopic (exact) mass is 169 g/mol. The molecule has 0 aliphatic rings. The maximum atomic E-state index is 4.36. The molecule has 0 aromatic carbocycles. The van der Waals surface area contributed by atoms with Crippen molar-refractivity contribution in [2.45, 2.75) is 65.7 Å². The highest BCUT2D eigenvalue weighted by atomic mass is 14.2. The summed E-state index contributed by atoms with van der Waals surface area (Å²) in [5.41, 5.74) is 0.395. The molecule has 0 heterocycles. The van der Waals surface area contributed by atoms with E-state index in [0.717, 1.165) is 0 Å². The number of unbranched alkanes of at least 4 members (excludes halogenated alkanes) is 2. The van der Waals surface area contributed by atoms with E-state index in [2.05, 4.69) is 27.7 Å². The summed E-state index contributed by atoms with van der Waals surface area (Å²) in [6.45, 7) is 11.2. The van der Waals surface area contributed by atoms with E-state index in [0.29, 0.717) is 5.41 Å². The lowest BCUT2D eigenvalue weighted by molar-refractivity contribution is 0.288. The van der Waals surface area contributed by atoms with Crippen LogP contribution in [0.25, 0.3) is 0 Å². The van der Waals surface area contributed by atoms with Gasteiger partial charge in [0.25, 0.3) is 0 Å². The molecule has 0 saturated carbocycles. The second-order valence-electron chi connectivity index (χ2n) is 4.06. The lowest BCUT2D eigenvalue weighted by atomic mass is 9.78. The largest absolute Gasteiger partial charge is 0.0654 e. The van der Waals surface area contributed by atoms with E-state index >= 15 is 0 Å². The standard InChI is InChI=1S/C12H25/c1-5-8-10-12(4,7-3)11-9-6-2/h4-11H2,1-3H3. The maximum Gasteiger partial charge on any atom is -0.0300 e. The van der Waals surface area contributed by atoms with Crippen LogP contribution in [-0.2, 0) is 0 Å². The minimum absolute atomic E-state index is 0.395. The lowest BCUT2D eigenvalue weighted by Crippen LogP contribution is -2.15. The van der Waals surface area contributed by atoms with E-state index < -0.39 is 0 Å². The van der Waals surface area contributed by atoms with E-state index in [1.54, 1.807) is 0 Å². The van der Waals surface area contributed by atoms with E-state index in [1.165, 1.54) is 44.9 Å². The molecule has 1 radical (unpaired) electrons. The summed E-state index contributed by atoms with van der Waals surface area (Å²) in [4.78, 5) is 0. The van der Waals surface area contributed by atoms with Gasteiger partial charge >= 0.3 is 0 Å². The fourth-order valence-electron chi connectivity index (χ4n) is 1.58. The van der Waals surface area contributed by atoms with Crippen LogP contribution in [-0.4, -0.2) is 0 Å². The Labute approximate surface area is 78.8 Å². The Morgan fingerprint density at radius 2 is 1.33 bits per heavy atom. The molecule has 0 N–H and O–H groups in total. The van der Waals surface area contributed by atoms with Gasteiger partial charge in [-0.1, -0.05) is 52.9 Å². The molecule has 0 atom stereocenters. The van der Waals surface area contributed by atoms with Crippen molar-refractivity contribution in [1.82, 2.24) is 0 Å². The molecule has 0 aromatic rings. The Morgan fingerprint density at radius 1 is 0.917 bits per heavy atom. The molecule has 0 unspecified atom stereocenters. The number of rotatable bonds is 7. The average Bonchev–Trinajstić information content (AvgIpc) is 2.11.